The molecule has 2 fully saturated rings. The lowest BCUT2D eigenvalue weighted by Crippen LogP contribution is -2.39. The number of benzene rings is 1. The number of carbonyl (C=O) groups excluding carboxylic acids is 1. The number of hydrogen-bond donors (Lipinski definition) is 1. The number of aromatic nitrogens is 2. The minimum Gasteiger partial charge on any atom is -0.478 e. The van der Waals surface area contributed by atoms with Crippen LogP contribution in [0.15, 0.2) is 36.7 Å². The maximum Gasteiger partial charge on any atom is 0.338 e. The lowest BCUT2D eigenvalue weighted by Gasteiger charge is -2.32. The molecule has 2 aliphatic rings. The van der Waals surface area contributed by atoms with E-state index in [2.05, 4.69) is 10.00 Å². The van der Waals surface area contributed by atoms with Crippen LogP contribution in [0.3, 0.4) is 0 Å². The number of aromatic carboxylic acids is 1. The quantitative estimate of drug-likeness (QED) is 0.866. The number of carboxylic acid groups (broad SMARTS) is 1. The van der Waals surface area contributed by atoms with Gasteiger partial charge in [0.05, 0.1) is 31.0 Å². The van der Waals surface area contributed by atoms with Crippen LogP contribution in [0.4, 0.5) is 5.69 Å². The number of carbonyl (C=O) groups is 2. The third-order valence-electron chi connectivity index (χ3n) is 5.46. The van der Waals surface area contributed by atoms with Gasteiger partial charge in [0.1, 0.15) is 0 Å². The standard InChI is InChI=1S/C20H24N4O4/c25-19(15-1-3-17(4-2-15)22-9-11-28-12-10-22)23-7-5-18(6-8-23)24-14-16(13-21-24)20(26)27/h1-4,13-14,18H,5-12H2,(H,26,27). The first-order chi connectivity index (χ1) is 13.6. The molecule has 0 saturated carbocycles. The van der Waals surface area contributed by atoms with Crippen molar-refractivity contribution >= 4 is 17.6 Å². The smallest absolute Gasteiger partial charge is 0.338 e. The fourth-order valence-electron chi connectivity index (χ4n) is 3.80. The summed E-state index contributed by atoms with van der Waals surface area (Å²) in [5.41, 5.74) is 2.01. The second-order valence-electron chi connectivity index (χ2n) is 7.18. The minimum absolute atomic E-state index is 0.0404. The summed E-state index contributed by atoms with van der Waals surface area (Å²) in [4.78, 5) is 27.9. The van der Waals surface area contributed by atoms with Gasteiger partial charge in [-0.15, -0.1) is 0 Å². The van der Waals surface area contributed by atoms with E-state index in [-0.39, 0.29) is 17.5 Å². The maximum absolute atomic E-state index is 12.8. The van der Waals surface area contributed by atoms with Crippen LogP contribution in [0.1, 0.15) is 39.6 Å². The van der Waals surface area contributed by atoms with Crippen LogP contribution < -0.4 is 4.90 Å². The summed E-state index contributed by atoms with van der Waals surface area (Å²) in [7, 11) is 0. The number of ether oxygens (including phenoxy) is 1. The fourth-order valence-corrected chi connectivity index (χ4v) is 3.80. The van der Waals surface area contributed by atoms with Crippen LogP contribution in [-0.4, -0.2) is 71.1 Å². The summed E-state index contributed by atoms with van der Waals surface area (Å²) in [6, 6.07) is 7.92. The summed E-state index contributed by atoms with van der Waals surface area (Å²) in [6.07, 6.45) is 4.46. The number of amides is 1. The molecule has 8 nitrogen and oxygen atoms in total. The van der Waals surface area contributed by atoms with Crippen LogP contribution in [0.5, 0.6) is 0 Å². The highest BCUT2D eigenvalue weighted by atomic mass is 16.5. The van der Waals surface area contributed by atoms with Crippen molar-refractivity contribution < 1.29 is 19.4 Å². The van der Waals surface area contributed by atoms with E-state index in [1.54, 1.807) is 10.9 Å². The Morgan fingerprint density at radius 2 is 1.68 bits per heavy atom. The largest absolute Gasteiger partial charge is 0.478 e. The predicted octanol–water partition coefficient (Wildman–Crippen LogP) is 1.90. The third-order valence-corrected chi connectivity index (χ3v) is 5.46. The summed E-state index contributed by atoms with van der Waals surface area (Å²) in [5, 5.41) is 13.2. The van der Waals surface area contributed by atoms with Gasteiger partial charge in [0.25, 0.3) is 5.91 Å². The number of carboxylic acids is 1. The van der Waals surface area contributed by atoms with Gasteiger partial charge in [0.15, 0.2) is 0 Å². The number of rotatable bonds is 4. The van der Waals surface area contributed by atoms with E-state index in [1.165, 1.54) is 6.20 Å². The van der Waals surface area contributed by atoms with E-state index in [0.717, 1.165) is 44.8 Å². The molecule has 2 aromatic rings. The van der Waals surface area contributed by atoms with Crippen LogP contribution in [0.25, 0.3) is 0 Å². The van der Waals surface area contributed by atoms with Gasteiger partial charge >= 0.3 is 5.97 Å². The van der Waals surface area contributed by atoms with Crippen molar-refractivity contribution in [3.05, 3.63) is 47.8 Å². The molecular weight excluding hydrogens is 360 g/mol. The predicted molar refractivity (Wildman–Crippen MR) is 103 cm³/mol. The molecule has 0 bridgehead atoms. The average molecular weight is 384 g/mol. The summed E-state index contributed by atoms with van der Waals surface area (Å²) >= 11 is 0. The highest BCUT2D eigenvalue weighted by Gasteiger charge is 2.25. The molecule has 0 aliphatic carbocycles. The first kappa shape index (κ1) is 18.5. The molecule has 148 valence electrons. The number of hydrogen-bond acceptors (Lipinski definition) is 5. The summed E-state index contributed by atoms with van der Waals surface area (Å²) < 4.78 is 7.09. The monoisotopic (exact) mass is 384 g/mol. The zero-order chi connectivity index (χ0) is 19.5. The van der Waals surface area contributed by atoms with Crippen molar-refractivity contribution in [2.45, 2.75) is 18.9 Å². The molecular formula is C20H24N4O4. The molecule has 8 heteroatoms. The zero-order valence-corrected chi connectivity index (χ0v) is 15.7. The number of morpholine rings is 1. The van der Waals surface area contributed by atoms with Gasteiger partial charge in [-0.05, 0) is 37.1 Å². The minimum atomic E-state index is -0.973. The molecule has 28 heavy (non-hydrogen) atoms. The number of likely N-dealkylation sites (tertiary alicyclic amines) is 1. The molecule has 1 N–H and O–H groups in total. The Hall–Kier alpha value is -2.87. The molecule has 4 rings (SSSR count). The number of piperidine rings is 1. The summed E-state index contributed by atoms with van der Waals surface area (Å²) in [5.74, 6) is -0.932. The van der Waals surface area contributed by atoms with Crippen molar-refractivity contribution in [2.75, 3.05) is 44.3 Å². The van der Waals surface area contributed by atoms with Crippen LogP contribution in [-0.2, 0) is 4.74 Å². The van der Waals surface area contributed by atoms with Crippen molar-refractivity contribution in [2.24, 2.45) is 0 Å². The Bertz CT molecular complexity index is 834. The average Bonchev–Trinajstić information content (AvgIpc) is 3.25. The highest BCUT2D eigenvalue weighted by Crippen LogP contribution is 2.24. The molecule has 1 amide bonds. The summed E-state index contributed by atoms with van der Waals surface area (Å²) in [6.45, 7) is 4.49. The van der Waals surface area contributed by atoms with Gasteiger partial charge in [0, 0.05) is 43.6 Å². The Morgan fingerprint density at radius 1 is 1.00 bits per heavy atom. The molecule has 0 atom stereocenters. The molecule has 1 aromatic heterocycles. The van der Waals surface area contributed by atoms with Crippen molar-refractivity contribution in [1.29, 1.82) is 0 Å². The van der Waals surface area contributed by atoms with E-state index in [9.17, 15) is 9.59 Å². The van der Waals surface area contributed by atoms with Crippen molar-refractivity contribution in [1.82, 2.24) is 14.7 Å². The van der Waals surface area contributed by atoms with Gasteiger partial charge in [-0.1, -0.05) is 0 Å². The lowest BCUT2D eigenvalue weighted by molar-refractivity contribution is 0.0688. The maximum atomic E-state index is 12.8. The Morgan fingerprint density at radius 3 is 2.29 bits per heavy atom. The number of anilines is 1. The van der Waals surface area contributed by atoms with E-state index >= 15 is 0 Å². The molecule has 2 saturated heterocycles. The van der Waals surface area contributed by atoms with E-state index in [0.29, 0.717) is 18.7 Å². The molecule has 2 aliphatic heterocycles. The second kappa shape index (κ2) is 8.02. The first-order valence-corrected chi connectivity index (χ1v) is 9.61. The van der Waals surface area contributed by atoms with Gasteiger partial charge in [-0.2, -0.15) is 5.10 Å². The van der Waals surface area contributed by atoms with Crippen LogP contribution in [0, 0.1) is 0 Å². The Balaban J connectivity index is 1.35. The SMILES string of the molecule is O=C(O)c1cnn(C2CCN(C(=O)c3ccc(N4CCOCC4)cc3)CC2)c1. The van der Waals surface area contributed by atoms with E-state index < -0.39 is 5.97 Å². The van der Waals surface area contributed by atoms with E-state index in [1.807, 2.05) is 29.2 Å². The third kappa shape index (κ3) is 3.87. The second-order valence-corrected chi connectivity index (χ2v) is 7.18. The zero-order valence-electron chi connectivity index (χ0n) is 15.7. The Labute approximate surface area is 163 Å². The van der Waals surface area contributed by atoms with Crippen molar-refractivity contribution in [3.8, 4) is 0 Å². The first-order valence-electron chi connectivity index (χ1n) is 9.61. The van der Waals surface area contributed by atoms with Gasteiger partial charge in [-0.3, -0.25) is 9.48 Å². The molecule has 0 spiro atoms. The topological polar surface area (TPSA) is 87.9 Å². The van der Waals surface area contributed by atoms with Crippen molar-refractivity contribution in [3.63, 3.8) is 0 Å². The Kier molecular flexibility index (Phi) is 5.29. The molecule has 0 radical (unpaired) electrons. The molecule has 0 unspecified atom stereocenters. The highest BCUT2D eigenvalue weighted by molar-refractivity contribution is 5.94. The normalized spacial score (nSPS) is 18.3. The van der Waals surface area contributed by atoms with Crippen LogP contribution >= 0.6 is 0 Å². The molecule has 3 heterocycles. The van der Waals surface area contributed by atoms with Gasteiger partial charge in [0.2, 0.25) is 0 Å². The molecule has 1 aromatic carbocycles. The van der Waals surface area contributed by atoms with E-state index in [4.69, 9.17) is 9.84 Å². The van der Waals surface area contributed by atoms with Gasteiger partial charge < -0.3 is 19.6 Å². The van der Waals surface area contributed by atoms with Crippen LogP contribution in [0.2, 0.25) is 0 Å². The van der Waals surface area contributed by atoms with Gasteiger partial charge in [-0.25, -0.2) is 4.79 Å². The number of nitrogens with zero attached hydrogens (tertiary/aromatic N) is 4. The lowest BCUT2D eigenvalue weighted by atomic mass is 10.0. The fraction of sp³-hybridized carbons (Fsp3) is 0.450.